The number of hydrogen-bond acceptors (Lipinski definition) is 3. The van der Waals surface area contributed by atoms with Crippen LogP contribution >= 0.6 is 15.9 Å². The summed E-state index contributed by atoms with van der Waals surface area (Å²) in [5.74, 6) is 0. The second-order valence-corrected chi connectivity index (χ2v) is 5.84. The molecule has 0 aliphatic carbocycles. The summed E-state index contributed by atoms with van der Waals surface area (Å²) in [5.41, 5.74) is 3.11. The van der Waals surface area contributed by atoms with E-state index in [-0.39, 0.29) is 6.04 Å². The van der Waals surface area contributed by atoms with Gasteiger partial charge in [0, 0.05) is 28.7 Å². The van der Waals surface area contributed by atoms with Gasteiger partial charge in [0.25, 0.3) is 0 Å². The summed E-state index contributed by atoms with van der Waals surface area (Å²) in [6.45, 7) is 2.96. The molecule has 0 aliphatic heterocycles. The van der Waals surface area contributed by atoms with E-state index >= 15 is 0 Å². The summed E-state index contributed by atoms with van der Waals surface area (Å²) in [6.07, 6.45) is 3.91. The smallest absolute Gasteiger partial charge is 0.0793 e. The molecule has 3 aromatic rings. The van der Waals surface area contributed by atoms with E-state index in [4.69, 9.17) is 4.98 Å². The van der Waals surface area contributed by atoms with Gasteiger partial charge in [0.05, 0.1) is 23.4 Å². The first-order chi connectivity index (χ1) is 10.2. The van der Waals surface area contributed by atoms with Crippen LogP contribution in [0.2, 0.25) is 0 Å². The van der Waals surface area contributed by atoms with Crippen LogP contribution in [0.4, 0.5) is 0 Å². The Hall–Kier alpha value is -1.72. The molecule has 2 aromatic heterocycles. The van der Waals surface area contributed by atoms with Gasteiger partial charge >= 0.3 is 0 Å². The van der Waals surface area contributed by atoms with Crippen molar-refractivity contribution in [1.82, 2.24) is 20.1 Å². The van der Waals surface area contributed by atoms with E-state index in [2.05, 4.69) is 45.4 Å². The van der Waals surface area contributed by atoms with Crippen LogP contribution in [-0.4, -0.2) is 21.3 Å². The van der Waals surface area contributed by atoms with Crippen molar-refractivity contribution < 1.29 is 0 Å². The predicted octanol–water partition coefficient (Wildman–Crippen LogP) is 3.43. The minimum Gasteiger partial charge on any atom is -0.305 e. The second kappa shape index (κ2) is 5.95. The number of aromatic nitrogens is 3. The highest BCUT2D eigenvalue weighted by Gasteiger charge is 2.19. The normalized spacial score (nSPS) is 12.7. The molecule has 21 heavy (non-hydrogen) atoms. The predicted molar refractivity (Wildman–Crippen MR) is 88.2 cm³/mol. The summed E-state index contributed by atoms with van der Waals surface area (Å²) >= 11 is 3.66. The van der Waals surface area contributed by atoms with Crippen molar-refractivity contribution in [2.24, 2.45) is 7.05 Å². The Morgan fingerprint density at radius 2 is 2.14 bits per heavy atom. The molecule has 1 aromatic carbocycles. The first-order valence-electron chi connectivity index (χ1n) is 6.96. The van der Waals surface area contributed by atoms with Crippen molar-refractivity contribution in [3.8, 4) is 0 Å². The van der Waals surface area contributed by atoms with Gasteiger partial charge in [0.1, 0.15) is 0 Å². The SMILES string of the molecule is CCNC(c1cnn(C)c1)c1nc2ccccc2cc1Br. The maximum atomic E-state index is 4.83. The lowest BCUT2D eigenvalue weighted by Gasteiger charge is -2.18. The zero-order valence-electron chi connectivity index (χ0n) is 12.0. The fraction of sp³-hybridized carbons (Fsp3) is 0.250. The van der Waals surface area contributed by atoms with Crippen molar-refractivity contribution in [1.29, 1.82) is 0 Å². The summed E-state index contributed by atoms with van der Waals surface area (Å²) < 4.78 is 2.82. The van der Waals surface area contributed by atoms with Gasteiger partial charge in [-0.3, -0.25) is 4.68 Å². The van der Waals surface area contributed by atoms with Crippen LogP contribution in [0.25, 0.3) is 10.9 Å². The van der Waals surface area contributed by atoms with Crippen LogP contribution in [0.15, 0.2) is 47.2 Å². The molecule has 1 atom stereocenters. The van der Waals surface area contributed by atoms with Crippen molar-refractivity contribution in [3.05, 3.63) is 58.5 Å². The van der Waals surface area contributed by atoms with Crippen LogP contribution < -0.4 is 5.32 Å². The quantitative estimate of drug-likeness (QED) is 0.788. The highest BCUT2D eigenvalue weighted by atomic mass is 79.9. The number of fused-ring (bicyclic) bond motifs is 1. The molecule has 3 rings (SSSR count). The number of nitrogens with zero attached hydrogens (tertiary/aromatic N) is 3. The van der Waals surface area contributed by atoms with Gasteiger partial charge in [-0.15, -0.1) is 0 Å². The Morgan fingerprint density at radius 3 is 2.86 bits per heavy atom. The molecule has 0 fully saturated rings. The van der Waals surface area contributed by atoms with Gasteiger partial charge in [-0.1, -0.05) is 25.1 Å². The van der Waals surface area contributed by atoms with Gasteiger partial charge in [-0.25, -0.2) is 4.98 Å². The average molecular weight is 345 g/mol. The molecule has 4 nitrogen and oxygen atoms in total. The van der Waals surface area contributed by atoms with Crippen LogP contribution in [0.1, 0.15) is 24.2 Å². The van der Waals surface area contributed by atoms with Crippen LogP contribution in [0.5, 0.6) is 0 Å². The number of hydrogen-bond donors (Lipinski definition) is 1. The Bertz CT molecular complexity index is 766. The summed E-state index contributed by atoms with van der Waals surface area (Å²) in [5, 5.41) is 8.89. The number of nitrogens with one attached hydrogen (secondary N) is 1. The topological polar surface area (TPSA) is 42.7 Å². The minimum absolute atomic E-state index is 0.0303. The van der Waals surface area contributed by atoms with E-state index in [9.17, 15) is 0 Å². The molecule has 0 amide bonds. The maximum absolute atomic E-state index is 4.83. The average Bonchev–Trinajstić information content (AvgIpc) is 2.91. The number of aryl methyl sites for hydroxylation is 1. The molecule has 0 saturated carbocycles. The zero-order valence-corrected chi connectivity index (χ0v) is 13.6. The molecule has 0 spiro atoms. The Balaban J connectivity index is 2.12. The van der Waals surface area contributed by atoms with Gasteiger partial charge in [-0.2, -0.15) is 5.10 Å². The third-order valence-corrected chi connectivity index (χ3v) is 4.08. The van der Waals surface area contributed by atoms with E-state index in [1.165, 1.54) is 0 Å². The standard InChI is InChI=1S/C16H17BrN4/c1-3-18-15(12-9-19-21(2)10-12)16-13(17)8-11-6-4-5-7-14(11)20-16/h4-10,15,18H,3H2,1-2H3. The maximum Gasteiger partial charge on any atom is 0.0793 e. The van der Waals surface area contributed by atoms with E-state index in [1.54, 1.807) is 0 Å². The molecular weight excluding hydrogens is 328 g/mol. The fourth-order valence-corrected chi connectivity index (χ4v) is 3.04. The molecule has 0 radical (unpaired) electrons. The monoisotopic (exact) mass is 344 g/mol. The fourth-order valence-electron chi connectivity index (χ4n) is 2.47. The number of pyridine rings is 1. The Morgan fingerprint density at radius 1 is 1.33 bits per heavy atom. The number of rotatable bonds is 4. The molecule has 5 heteroatoms. The third-order valence-electron chi connectivity index (χ3n) is 3.44. The molecule has 0 saturated heterocycles. The van der Waals surface area contributed by atoms with E-state index in [0.717, 1.165) is 33.2 Å². The highest BCUT2D eigenvalue weighted by Crippen LogP contribution is 2.29. The first-order valence-corrected chi connectivity index (χ1v) is 7.75. The van der Waals surface area contributed by atoms with E-state index in [1.807, 2.05) is 42.3 Å². The minimum atomic E-state index is 0.0303. The molecule has 0 bridgehead atoms. The number of para-hydroxylation sites is 1. The molecular formula is C16H17BrN4. The van der Waals surface area contributed by atoms with Crippen LogP contribution in [0.3, 0.4) is 0 Å². The van der Waals surface area contributed by atoms with Crippen LogP contribution in [0, 0.1) is 0 Å². The third kappa shape index (κ3) is 2.84. The number of benzene rings is 1. The van der Waals surface area contributed by atoms with Gasteiger partial charge < -0.3 is 5.32 Å². The van der Waals surface area contributed by atoms with Crippen molar-refractivity contribution in [2.75, 3.05) is 6.54 Å². The second-order valence-electron chi connectivity index (χ2n) is 4.99. The Kier molecular flexibility index (Phi) is 4.03. The van der Waals surface area contributed by atoms with Gasteiger partial charge in [0.2, 0.25) is 0 Å². The highest BCUT2D eigenvalue weighted by molar-refractivity contribution is 9.10. The molecule has 2 heterocycles. The van der Waals surface area contributed by atoms with E-state index < -0.39 is 0 Å². The van der Waals surface area contributed by atoms with Crippen molar-refractivity contribution in [2.45, 2.75) is 13.0 Å². The lowest BCUT2D eigenvalue weighted by atomic mass is 10.1. The molecule has 1 unspecified atom stereocenters. The van der Waals surface area contributed by atoms with E-state index in [0.29, 0.717) is 0 Å². The van der Waals surface area contributed by atoms with Gasteiger partial charge in [-0.05, 0) is 34.6 Å². The lowest BCUT2D eigenvalue weighted by Crippen LogP contribution is -2.23. The van der Waals surface area contributed by atoms with Crippen molar-refractivity contribution in [3.63, 3.8) is 0 Å². The zero-order chi connectivity index (χ0) is 14.8. The summed E-state index contributed by atoms with van der Waals surface area (Å²) in [6, 6.07) is 10.3. The summed E-state index contributed by atoms with van der Waals surface area (Å²) in [4.78, 5) is 4.83. The molecule has 0 aliphatic rings. The van der Waals surface area contributed by atoms with Crippen molar-refractivity contribution >= 4 is 26.8 Å². The summed E-state index contributed by atoms with van der Waals surface area (Å²) in [7, 11) is 1.93. The molecule has 1 N–H and O–H groups in total. The number of halogens is 1. The lowest BCUT2D eigenvalue weighted by molar-refractivity contribution is 0.614. The largest absolute Gasteiger partial charge is 0.305 e. The molecule has 108 valence electrons. The first kappa shape index (κ1) is 14.2. The Labute approximate surface area is 132 Å². The van der Waals surface area contributed by atoms with Gasteiger partial charge in [0.15, 0.2) is 0 Å². The van der Waals surface area contributed by atoms with Crippen LogP contribution in [-0.2, 0) is 7.05 Å².